The lowest BCUT2D eigenvalue weighted by Crippen LogP contribution is -2.41. The van der Waals surface area contributed by atoms with E-state index in [1.165, 1.54) is 0 Å². The smallest absolute Gasteiger partial charge is 0.385 e. The number of nitrogens with zero attached hydrogens (tertiary/aromatic N) is 2. The topological polar surface area (TPSA) is 250 Å². The Morgan fingerprint density at radius 3 is 2.40 bits per heavy atom. The third-order valence-electron chi connectivity index (χ3n) is 3.30. The number of nitrogen functional groups attached to an aromatic ring is 1. The van der Waals surface area contributed by atoms with Crippen LogP contribution in [0.5, 0.6) is 0 Å². The molecular weight excluding hydrogens is 505 g/mol. The van der Waals surface area contributed by atoms with Gasteiger partial charge in [-0.25, -0.2) is 22.9 Å². The largest absolute Gasteiger partial charge is 0.490 e. The average Bonchev–Trinajstić information content (AvgIpc) is 2.73. The molecule has 0 aliphatic carbocycles. The Labute approximate surface area is 170 Å². The third-order valence-corrected chi connectivity index (χ3v) is 7.51. The summed E-state index contributed by atoms with van der Waals surface area (Å²) in [6.07, 6.45) is -5.14. The summed E-state index contributed by atoms with van der Waals surface area (Å²) in [6, 6.07) is 1.09. The van der Waals surface area contributed by atoms with E-state index in [1.807, 2.05) is 0 Å². The molecule has 172 valence electrons. The van der Waals surface area contributed by atoms with Crippen molar-refractivity contribution in [3.8, 4) is 0 Å². The van der Waals surface area contributed by atoms with Gasteiger partial charge in [-0.05, 0) is 6.07 Å². The molecule has 2 heterocycles. The number of anilines is 1. The molecule has 1 aromatic rings. The minimum atomic E-state index is -5.78. The van der Waals surface area contributed by atoms with Gasteiger partial charge in [-0.2, -0.15) is 13.6 Å². The Morgan fingerprint density at radius 1 is 1.27 bits per heavy atom. The first-order chi connectivity index (χ1) is 13.4. The number of phosphoric ester groups is 1. The summed E-state index contributed by atoms with van der Waals surface area (Å²) >= 11 is 5.58. The van der Waals surface area contributed by atoms with E-state index in [9.17, 15) is 32.9 Å². The van der Waals surface area contributed by atoms with Crippen LogP contribution in [0, 0.1) is 0 Å². The lowest BCUT2D eigenvalue weighted by atomic mass is 10.1. The molecule has 2 rings (SSSR count). The molecule has 21 heteroatoms. The van der Waals surface area contributed by atoms with E-state index in [0.717, 1.165) is 12.3 Å². The number of phosphoric acid groups is 3. The molecule has 30 heavy (non-hydrogen) atoms. The van der Waals surface area contributed by atoms with Crippen LogP contribution in [0.15, 0.2) is 17.1 Å². The van der Waals surface area contributed by atoms with Crippen molar-refractivity contribution < 1.29 is 60.6 Å². The zero-order valence-electron chi connectivity index (χ0n) is 14.2. The van der Waals surface area contributed by atoms with Gasteiger partial charge in [0, 0.05) is 6.20 Å². The first kappa shape index (κ1) is 25.5. The maximum atomic E-state index is 14.7. The molecule has 1 aromatic heterocycles. The van der Waals surface area contributed by atoms with Crippen molar-refractivity contribution in [1.29, 1.82) is 0 Å². The number of aliphatic hydroxyl groups excluding tert-OH is 1. The van der Waals surface area contributed by atoms with Gasteiger partial charge in [0.2, 0.25) is 0 Å². The molecule has 6 atom stereocenters. The van der Waals surface area contributed by atoms with E-state index >= 15 is 0 Å². The van der Waals surface area contributed by atoms with E-state index in [0.29, 0.717) is 4.57 Å². The second kappa shape index (κ2) is 8.64. The van der Waals surface area contributed by atoms with Crippen molar-refractivity contribution >= 4 is 40.9 Å². The number of halogens is 2. The van der Waals surface area contributed by atoms with Crippen molar-refractivity contribution in [3.63, 3.8) is 0 Å². The summed E-state index contributed by atoms with van der Waals surface area (Å²) in [6.45, 7) is -1.20. The fourth-order valence-electron chi connectivity index (χ4n) is 2.18. The van der Waals surface area contributed by atoms with Crippen LogP contribution in [-0.2, 0) is 31.6 Å². The maximum absolute atomic E-state index is 14.7. The van der Waals surface area contributed by atoms with Crippen LogP contribution >= 0.6 is 35.1 Å². The maximum Gasteiger partial charge on any atom is 0.490 e. The lowest BCUT2D eigenvalue weighted by molar-refractivity contribution is -0.0508. The standard InChI is InChI=1S/C9H14ClFN3O13P3/c10-9(11)6(15)4(25-7(9)14-2-1-5(12)13-8(14)16)3-24-29(20,21)27-30(22,23)26-28(17,18)19/h1-2,4,6-7,15H,3H2,(H,20,21)(H,22,23)(H2,12,13,16)(H2,17,18,19)/t4-,6-,7?,9-/m1/s1. The highest BCUT2D eigenvalue weighted by Gasteiger charge is 2.58. The quantitative estimate of drug-likeness (QED) is 0.184. The fourth-order valence-corrected chi connectivity index (χ4v) is 5.51. The minimum absolute atomic E-state index is 0.210. The van der Waals surface area contributed by atoms with Crippen LogP contribution in [0.2, 0.25) is 0 Å². The van der Waals surface area contributed by atoms with Crippen LogP contribution in [0.25, 0.3) is 0 Å². The molecule has 16 nitrogen and oxygen atoms in total. The average molecular weight is 520 g/mol. The SMILES string of the molecule is Nc1ccn(C2O[C@H](COP(=O)(O)OP(=O)(O)OP(=O)(O)O)[C@@H](O)[C@]2(F)Cl)c(=O)n1. The van der Waals surface area contributed by atoms with E-state index in [2.05, 4.69) is 18.1 Å². The summed E-state index contributed by atoms with van der Waals surface area (Å²) in [5, 5.41) is 6.80. The van der Waals surface area contributed by atoms with Crippen molar-refractivity contribution in [2.75, 3.05) is 12.3 Å². The third kappa shape index (κ3) is 6.37. The van der Waals surface area contributed by atoms with Gasteiger partial charge in [0.15, 0.2) is 6.23 Å². The lowest BCUT2D eigenvalue weighted by Gasteiger charge is -2.22. The van der Waals surface area contributed by atoms with Gasteiger partial charge in [0.05, 0.1) is 6.61 Å². The molecule has 0 spiro atoms. The van der Waals surface area contributed by atoms with E-state index in [-0.39, 0.29) is 5.82 Å². The minimum Gasteiger partial charge on any atom is -0.385 e. The molecule has 1 saturated heterocycles. The van der Waals surface area contributed by atoms with Crippen LogP contribution in [0.4, 0.5) is 10.2 Å². The highest BCUT2D eigenvalue weighted by atomic mass is 35.5. The number of rotatable bonds is 8. The molecule has 7 N–H and O–H groups in total. The normalized spacial score (nSPS) is 31.2. The Hall–Kier alpha value is -0.770. The molecule has 0 saturated carbocycles. The molecule has 0 amide bonds. The second-order valence-corrected chi connectivity index (χ2v) is 10.6. The highest BCUT2D eigenvalue weighted by Crippen LogP contribution is 2.66. The molecular formula is C9H14ClFN3O13P3. The van der Waals surface area contributed by atoms with E-state index < -0.39 is 59.3 Å². The van der Waals surface area contributed by atoms with Gasteiger partial charge in [0.1, 0.15) is 18.0 Å². The number of nitrogens with two attached hydrogens (primary N) is 1. The van der Waals surface area contributed by atoms with Gasteiger partial charge >= 0.3 is 29.2 Å². The fraction of sp³-hybridized carbons (Fsp3) is 0.556. The van der Waals surface area contributed by atoms with E-state index in [1.54, 1.807) is 0 Å². The number of ether oxygens (including phenoxy) is 1. The van der Waals surface area contributed by atoms with Gasteiger partial charge in [-0.3, -0.25) is 9.09 Å². The molecule has 1 fully saturated rings. The Kier molecular flexibility index (Phi) is 7.34. The Balaban J connectivity index is 2.12. The summed E-state index contributed by atoms with van der Waals surface area (Å²) < 4.78 is 65.0. The van der Waals surface area contributed by atoms with Crippen molar-refractivity contribution in [3.05, 3.63) is 22.7 Å². The first-order valence-electron chi connectivity index (χ1n) is 7.28. The molecule has 3 unspecified atom stereocenters. The van der Waals surface area contributed by atoms with Crippen LogP contribution in [0.3, 0.4) is 0 Å². The molecule has 1 aliphatic heterocycles. The van der Waals surface area contributed by atoms with Gasteiger partial charge in [-0.15, -0.1) is 0 Å². The number of hydrogen-bond acceptors (Lipinski definition) is 11. The molecule has 1 aliphatic rings. The summed E-state index contributed by atoms with van der Waals surface area (Å²) in [4.78, 5) is 50.4. The zero-order chi connectivity index (χ0) is 23.1. The molecule has 0 bridgehead atoms. The van der Waals surface area contributed by atoms with Crippen LogP contribution < -0.4 is 11.4 Å². The van der Waals surface area contributed by atoms with Crippen molar-refractivity contribution in [1.82, 2.24) is 9.55 Å². The van der Waals surface area contributed by atoms with Gasteiger partial charge < -0.3 is 35.2 Å². The van der Waals surface area contributed by atoms with Crippen LogP contribution in [0.1, 0.15) is 6.23 Å². The molecule has 0 radical (unpaired) electrons. The zero-order valence-corrected chi connectivity index (χ0v) is 17.6. The Bertz CT molecular complexity index is 1000. The number of alkyl halides is 2. The van der Waals surface area contributed by atoms with Crippen molar-refractivity contribution in [2.45, 2.75) is 23.6 Å². The molecule has 0 aromatic carbocycles. The highest BCUT2D eigenvalue weighted by molar-refractivity contribution is 7.66. The first-order valence-corrected chi connectivity index (χ1v) is 12.2. The summed E-state index contributed by atoms with van der Waals surface area (Å²) in [5.74, 6) is -0.210. The monoisotopic (exact) mass is 519 g/mol. The van der Waals surface area contributed by atoms with Crippen molar-refractivity contribution in [2.24, 2.45) is 0 Å². The van der Waals surface area contributed by atoms with Crippen LogP contribution in [-0.4, -0.2) is 58.2 Å². The number of hydrogen-bond donors (Lipinski definition) is 6. The summed E-state index contributed by atoms with van der Waals surface area (Å²) in [7, 11) is -16.9. The number of aromatic nitrogens is 2. The Morgan fingerprint density at radius 2 is 1.87 bits per heavy atom. The van der Waals surface area contributed by atoms with Gasteiger partial charge in [0.25, 0.3) is 5.13 Å². The number of aliphatic hydroxyl groups is 1. The van der Waals surface area contributed by atoms with Gasteiger partial charge in [-0.1, -0.05) is 11.6 Å². The predicted molar refractivity (Wildman–Crippen MR) is 92.3 cm³/mol. The second-order valence-electron chi connectivity index (χ2n) is 5.58. The predicted octanol–water partition coefficient (Wildman–Crippen LogP) is -0.668. The summed E-state index contributed by atoms with van der Waals surface area (Å²) in [5.41, 5.74) is 4.19. The van der Waals surface area contributed by atoms with E-state index in [4.69, 9.17) is 36.8 Å².